The van der Waals surface area contributed by atoms with E-state index < -0.39 is 5.97 Å². The molecule has 0 saturated carbocycles. The second kappa shape index (κ2) is 4.62. The number of carboxylic acid groups (broad SMARTS) is 1. The third kappa shape index (κ3) is 2.19. The smallest absolute Gasteiger partial charge is 0.335 e. The van der Waals surface area contributed by atoms with Crippen LogP contribution in [0.2, 0.25) is 0 Å². The van der Waals surface area contributed by atoms with E-state index in [2.05, 4.69) is 15.1 Å². The summed E-state index contributed by atoms with van der Waals surface area (Å²) in [5.41, 5.74) is 2.44. The SMILES string of the molecule is Cc1nnc(N2CCc3c(cccc3C(=O)O)C2)s1. The van der Waals surface area contributed by atoms with Crippen LogP contribution >= 0.6 is 11.3 Å². The highest BCUT2D eigenvalue weighted by atomic mass is 32.1. The van der Waals surface area contributed by atoms with Crippen LogP contribution in [0.25, 0.3) is 0 Å². The highest BCUT2D eigenvalue weighted by Gasteiger charge is 2.22. The maximum Gasteiger partial charge on any atom is 0.335 e. The first kappa shape index (κ1) is 12.1. The van der Waals surface area contributed by atoms with E-state index in [0.717, 1.165) is 34.2 Å². The van der Waals surface area contributed by atoms with Crippen LogP contribution < -0.4 is 4.90 Å². The average Bonchev–Trinajstić information content (AvgIpc) is 2.84. The van der Waals surface area contributed by atoms with Crippen molar-refractivity contribution in [1.29, 1.82) is 0 Å². The highest BCUT2D eigenvalue weighted by Crippen LogP contribution is 2.28. The Morgan fingerprint density at radius 3 is 2.95 bits per heavy atom. The molecule has 3 rings (SSSR count). The van der Waals surface area contributed by atoms with Crippen molar-refractivity contribution in [2.45, 2.75) is 19.9 Å². The summed E-state index contributed by atoms with van der Waals surface area (Å²) in [5.74, 6) is -0.850. The highest BCUT2D eigenvalue weighted by molar-refractivity contribution is 7.15. The van der Waals surface area contributed by atoms with Crippen molar-refractivity contribution in [2.24, 2.45) is 0 Å². The lowest BCUT2D eigenvalue weighted by atomic mass is 9.95. The Labute approximate surface area is 114 Å². The van der Waals surface area contributed by atoms with Gasteiger partial charge >= 0.3 is 5.97 Å². The lowest BCUT2D eigenvalue weighted by molar-refractivity contribution is 0.0695. The van der Waals surface area contributed by atoms with Crippen molar-refractivity contribution >= 4 is 22.4 Å². The first-order valence-electron chi connectivity index (χ1n) is 6.04. The molecule has 0 radical (unpaired) electrons. The second-order valence-electron chi connectivity index (χ2n) is 4.52. The normalized spacial score (nSPS) is 14.3. The van der Waals surface area contributed by atoms with E-state index in [1.54, 1.807) is 23.5 Å². The summed E-state index contributed by atoms with van der Waals surface area (Å²) in [7, 11) is 0. The summed E-state index contributed by atoms with van der Waals surface area (Å²) >= 11 is 1.57. The minimum Gasteiger partial charge on any atom is -0.478 e. The number of rotatable bonds is 2. The van der Waals surface area contributed by atoms with E-state index in [-0.39, 0.29) is 0 Å². The molecule has 1 aromatic heterocycles. The minimum absolute atomic E-state index is 0.422. The molecule has 1 aliphatic rings. The van der Waals surface area contributed by atoms with E-state index in [1.165, 1.54) is 0 Å². The van der Waals surface area contributed by atoms with Gasteiger partial charge in [0.2, 0.25) is 5.13 Å². The van der Waals surface area contributed by atoms with Crippen molar-refractivity contribution in [3.05, 3.63) is 39.9 Å². The molecule has 0 bridgehead atoms. The lowest BCUT2D eigenvalue weighted by Crippen LogP contribution is -2.31. The summed E-state index contributed by atoms with van der Waals surface area (Å²) in [5, 5.41) is 19.2. The fourth-order valence-electron chi connectivity index (χ4n) is 2.39. The molecular weight excluding hydrogens is 262 g/mol. The van der Waals surface area contributed by atoms with Gasteiger partial charge in [-0.25, -0.2) is 4.79 Å². The lowest BCUT2D eigenvalue weighted by Gasteiger charge is -2.28. The molecule has 1 N–H and O–H groups in total. The Morgan fingerprint density at radius 1 is 1.42 bits per heavy atom. The number of carboxylic acids is 1. The molecule has 0 aliphatic carbocycles. The van der Waals surface area contributed by atoms with Crippen LogP contribution in [0.1, 0.15) is 26.5 Å². The van der Waals surface area contributed by atoms with Gasteiger partial charge in [-0.3, -0.25) is 0 Å². The van der Waals surface area contributed by atoms with E-state index in [1.807, 2.05) is 13.0 Å². The monoisotopic (exact) mass is 275 g/mol. The van der Waals surface area contributed by atoms with Gasteiger partial charge in [-0.15, -0.1) is 10.2 Å². The predicted molar refractivity (Wildman–Crippen MR) is 72.8 cm³/mol. The molecule has 0 spiro atoms. The minimum atomic E-state index is -0.850. The fraction of sp³-hybridized carbons (Fsp3) is 0.308. The largest absolute Gasteiger partial charge is 0.478 e. The molecule has 2 aromatic rings. The van der Waals surface area contributed by atoms with Crippen LogP contribution in [0.3, 0.4) is 0 Å². The average molecular weight is 275 g/mol. The molecule has 5 nitrogen and oxygen atoms in total. The number of fused-ring (bicyclic) bond motifs is 1. The number of carbonyl (C=O) groups is 1. The molecule has 0 saturated heterocycles. The van der Waals surface area contributed by atoms with Gasteiger partial charge in [0.05, 0.1) is 5.56 Å². The number of nitrogens with zero attached hydrogens (tertiary/aromatic N) is 3. The molecular formula is C13H13N3O2S. The Balaban J connectivity index is 1.92. The Morgan fingerprint density at radius 2 is 2.26 bits per heavy atom. The number of hydrogen-bond donors (Lipinski definition) is 1. The number of benzene rings is 1. The molecule has 0 atom stereocenters. The topological polar surface area (TPSA) is 66.3 Å². The zero-order valence-corrected chi connectivity index (χ0v) is 11.3. The maximum atomic E-state index is 11.2. The van der Waals surface area contributed by atoms with Crippen molar-refractivity contribution in [1.82, 2.24) is 10.2 Å². The van der Waals surface area contributed by atoms with E-state index in [9.17, 15) is 9.90 Å². The Bertz CT molecular complexity index is 639. The molecule has 98 valence electrons. The van der Waals surface area contributed by atoms with Crippen molar-refractivity contribution in [3.8, 4) is 0 Å². The Hall–Kier alpha value is -1.95. The van der Waals surface area contributed by atoms with Gasteiger partial charge in [0.1, 0.15) is 5.01 Å². The number of hydrogen-bond acceptors (Lipinski definition) is 5. The quantitative estimate of drug-likeness (QED) is 0.909. The van der Waals surface area contributed by atoms with Crippen LogP contribution in [-0.4, -0.2) is 27.8 Å². The van der Waals surface area contributed by atoms with Gasteiger partial charge in [-0.05, 0) is 30.5 Å². The summed E-state index contributed by atoms with van der Waals surface area (Å²) in [6, 6.07) is 5.46. The van der Waals surface area contributed by atoms with Crippen LogP contribution in [-0.2, 0) is 13.0 Å². The third-order valence-corrected chi connectivity index (χ3v) is 4.18. The summed E-state index contributed by atoms with van der Waals surface area (Å²) < 4.78 is 0. The fourth-order valence-corrected chi connectivity index (χ4v) is 3.10. The van der Waals surface area contributed by atoms with Crippen molar-refractivity contribution in [3.63, 3.8) is 0 Å². The third-order valence-electron chi connectivity index (χ3n) is 3.28. The molecule has 0 fully saturated rings. The van der Waals surface area contributed by atoms with Crippen LogP contribution in [0, 0.1) is 6.92 Å². The van der Waals surface area contributed by atoms with Gasteiger partial charge < -0.3 is 10.0 Å². The standard InChI is InChI=1S/C13H13N3O2S/c1-8-14-15-13(19-8)16-6-5-10-9(7-16)3-2-4-11(10)12(17)18/h2-4H,5-7H2,1H3,(H,17,18). The van der Waals surface area contributed by atoms with Gasteiger partial charge in [0.15, 0.2) is 0 Å². The van der Waals surface area contributed by atoms with Crippen LogP contribution in [0.5, 0.6) is 0 Å². The predicted octanol–water partition coefficient (Wildman–Crippen LogP) is 2.11. The molecule has 0 unspecified atom stereocenters. The number of aryl methyl sites for hydroxylation is 1. The van der Waals surface area contributed by atoms with Gasteiger partial charge in [0, 0.05) is 13.1 Å². The first-order chi connectivity index (χ1) is 9.15. The second-order valence-corrected chi connectivity index (χ2v) is 5.68. The van der Waals surface area contributed by atoms with Gasteiger partial charge in [-0.2, -0.15) is 0 Å². The Kier molecular flexibility index (Phi) is 2.94. The van der Waals surface area contributed by atoms with Crippen LogP contribution in [0.4, 0.5) is 5.13 Å². The molecule has 2 heterocycles. The molecule has 1 aromatic carbocycles. The molecule has 1 aliphatic heterocycles. The summed E-state index contributed by atoms with van der Waals surface area (Å²) in [4.78, 5) is 13.3. The van der Waals surface area contributed by atoms with Crippen molar-refractivity contribution < 1.29 is 9.90 Å². The van der Waals surface area contributed by atoms with E-state index in [0.29, 0.717) is 12.1 Å². The molecule has 19 heavy (non-hydrogen) atoms. The van der Waals surface area contributed by atoms with Crippen molar-refractivity contribution in [2.75, 3.05) is 11.4 Å². The van der Waals surface area contributed by atoms with Gasteiger partial charge in [-0.1, -0.05) is 23.5 Å². The van der Waals surface area contributed by atoms with E-state index in [4.69, 9.17) is 0 Å². The summed E-state index contributed by atoms with van der Waals surface area (Å²) in [6.07, 6.45) is 0.733. The van der Waals surface area contributed by atoms with E-state index >= 15 is 0 Å². The molecule has 0 amide bonds. The van der Waals surface area contributed by atoms with Crippen LogP contribution in [0.15, 0.2) is 18.2 Å². The maximum absolute atomic E-state index is 11.2. The first-order valence-corrected chi connectivity index (χ1v) is 6.86. The zero-order chi connectivity index (χ0) is 13.4. The zero-order valence-electron chi connectivity index (χ0n) is 10.5. The number of anilines is 1. The molecule has 6 heteroatoms. The summed E-state index contributed by atoms with van der Waals surface area (Å²) in [6.45, 7) is 3.42. The number of aromatic nitrogens is 2. The van der Waals surface area contributed by atoms with Gasteiger partial charge in [0.25, 0.3) is 0 Å². The number of aromatic carboxylic acids is 1.